The number of hydrogen-bond acceptors (Lipinski definition) is 5. The second kappa shape index (κ2) is 9.57. The van der Waals surface area contributed by atoms with E-state index in [1.54, 1.807) is 0 Å². The van der Waals surface area contributed by atoms with Gasteiger partial charge < -0.3 is 25.0 Å². The lowest BCUT2D eigenvalue weighted by Crippen LogP contribution is -2.48. The number of carboxylic acids is 1. The lowest BCUT2D eigenvalue weighted by atomic mass is 9.80. The first kappa shape index (κ1) is 18.6. The molecule has 1 aliphatic carbocycles. The minimum absolute atomic E-state index is 0.0739. The van der Waals surface area contributed by atoms with Crippen molar-refractivity contribution in [1.82, 2.24) is 5.32 Å². The fourth-order valence-electron chi connectivity index (χ4n) is 3.64. The summed E-state index contributed by atoms with van der Waals surface area (Å²) in [7, 11) is 0. The van der Waals surface area contributed by atoms with Crippen molar-refractivity contribution in [2.24, 2.45) is 11.8 Å². The van der Waals surface area contributed by atoms with Crippen LogP contribution < -0.4 is 5.32 Å². The lowest BCUT2D eigenvalue weighted by Gasteiger charge is -2.34. The Hall–Kier alpha value is -0.690. The van der Waals surface area contributed by atoms with Gasteiger partial charge in [-0.1, -0.05) is 6.92 Å². The van der Waals surface area contributed by atoms with Gasteiger partial charge in [-0.15, -0.1) is 0 Å². The van der Waals surface area contributed by atoms with Crippen LogP contribution >= 0.6 is 0 Å². The van der Waals surface area contributed by atoms with E-state index >= 15 is 0 Å². The summed E-state index contributed by atoms with van der Waals surface area (Å²) in [6.45, 7) is 4.00. The maximum Gasteiger partial charge on any atom is 0.329 e. The molecule has 0 aromatic carbocycles. The fraction of sp³-hybridized carbons (Fsp3) is 0.941. The van der Waals surface area contributed by atoms with Gasteiger partial charge in [0.25, 0.3) is 0 Å². The van der Waals surface area contributed by atoms with Crippen molar-refractivity contribution in [2.75, 3.05) is 26.4 Å². The third-order valence-electron chi connectivity index (χ3n) is 5.19. The van der Waals surface area contributed by atoms with Crippen molar-refractivity contribution in [3.8, 4) is 0 Å². The summed E-state index contributed by atoms with van der Waals surface area (Å²) >= 11 is 0. The molecule has 3 N–H and O–H groups in total. The Bertz CT molecular complexity index is 357. The van der Waals surface area contributed by atoms with E-state index in [-0.39, 0.29) is 24.9 Å². The van der Waals surface area contributed by atoms with Crippen LogP contribution in [0.5, 0.6) is 0 Å². The van der Waals surface area contributed by atoms with Gasteiger partial charge in [-0.2, -0.15) is 0 Å². The molecular weight excluding hydrogens is 298 g/mol. The van der Waals surface area contributed by atoms with E-state index in [2.05, 4.69) is 12.2 Å². The van der Waals surface area contributed by atoms with Crippen LogP contribution in [0.15, 0.2) is 0 Å². The van der Waals surface area contributed by atoms with E-state index in [1.165, 1.54) is 0 Å². The van der Waals surface area contributed by atoms with Gasteiger partial charge >= 0.3 is 5.97 Å². The molecule has 134 valence electrons. The highest BCUT2D eigenvalue weighted by Crippen LogP contribution is 2.31. The monoisotopic (exact) mass is 329 g/mol. The van der Waals surface area contributed by atoms with Gasteiger partial charge in [-0.05, 0) is 56.9 Å². The summed E-state index contributed by atoms with van der Waals surface area (Å²) in [5.74, 6) is 0.0620. The molecule has 23 heavy (non-hydrogen) atoms. The van der Waals surface area contributed by atoms with Crippen molar-refractivity contribution in [3.63, 3.8) is 0 Å². The molecule has 0 spiro atoms. The van der Waals surface area contributed by atoms with Crippen molar-refractivity contribution >= 4 is 5.97 Å². The smallest absolute Gasteiger partial charge is 0.329 e. The molecule has 0 aromatic rings. The average molecular weight is 329 g/mol. The molecular formula is C17H31NO5. The highest BCUT2D eigenvalue weighted by atomic mass is 16.5. The molecule has 2 fully saturated rings. The van der Waals surface area contributed by atoms with Crippen LogP contribution in [0.1, 0.15) is 45.4 Å². The van der Waals surface area contributed by atoms with Crippen LogP contribution in [-0.4, -0.2) is 60.8 Å². The topological polar surface area (TPSA) is 88.0 Å². The molecule has 3 atom stereocenters. The summed E-state index contributed by atoms with van der Waals surface area (Å²) in [5, 5.41) is 21.9. The maximum absolute atomic E-state index is 10.5. The molecule has 0 radical (unpaired) electrons. The molecule has 2 rings (SSSR count). The Kier molecular flexibility index (Phi) is 7.76. The SMILES string of the molecule is CC(COCC(=O)O)C1CCC(OCC2NCCCC2O)CC1. The molecule has 6 nitrogen and oxygen atoms in total. The predicted molar refractivity (Wildman–Crippen MR) is 86.3 cm³/mol. The zero-order valence-corrected chi connectivity index (χ0v) is 14.1. The van der Waals surface area contributed by atoms with E-state index in [1.807, 2.05) is 0 Å². The number of piperidine rings is 1. The van der Waals surface area contributed by atoms with Gasteiger partial charge in [-0.3, -0.25) is 0 Å². The second-order valence-corrected chi connectivity index (χ2v) is 7.03. The first-order valence-electron chi connectivity index (χ1n) is 8.89. The van der Waals surface area contributed by atoms with Crippen LogP contribution in [0.4, 0.5) is 0 Å². The van der Waals surface area contributed by atoms with Gasteiger partial charge in [-0.25, -0.2) is 4.79 Å². The highest BCUT2D eigenvalue weighted by Gasteiger charge is 2.28. The van der Waals surface area contributed by atoms with Crippen LogP contribution in [0, 0.1) is 11.8 Å². The summed E-state index contributed by atoms with van der Waals surface area (Å²) < 4.78 is 11.2. The van der Waals surface area contributed by atoms with Crippen molar-refractivity contribution < 1.29 is 24.5 Å². The third kappa shape index (κ3) is 6.37. The Morgan fingerprint density at radius 2 is 2.00 bits per heavy atom. The van der Waals surface area contributed by atoms with Gasteiger partial charge in [0, 0.05) is 0 Å². The van der Waals surface area contributed by atoms with Gasteiger partial charge in [0.1, 0.15) is 6.61 Å². The quantitative estimate of drug-likeness (QED) is 0.624. The first-order chi connectivity index (χ1) is 11.1. The number of aliphatic carboxylic acids is 1. The zero-order valence-electron chi connectivity index (χ0n) is 14.1. The molecule has 1 heterocycles. The number of carboxylic acid groups (broad SMARTS) is 1. The molecule has 1 aliphatic heterocycles. The second-order valence-electron chi connectivity index (χ2n) is 7.03. The summed E-state index contributed by atoms with van der Waals surface area (Å²) in [4.78, 5) is 10.5. The predicted octanol–water partition coefficient (Wildman–Crippen LogP) is 1.41. The minimum Gasteiger partial charge on any atom is -0.480 e. The molecule has 1 saturated carbocycles. The van der Waals surface area contributed by atoms with Gasteiger partial charge in [0.15, 0.2) is 0 Å². The van der Waals surface area contributed by atoms with Gasteiger partial charge in [0.05, 0.1) is 31.5 Å². The van der Waals surface area contributed by atoms with Crippen LogP contribution in [0.2, 0.25) is 0 Å². The van der Waals surface area contributed by atoms with Crippen molar-refractivity contribution in [2.45, 2.75) is 63.7 Å². The molecule has 2 aliphatic rings. The Labute approximate surface area is 138 Å². The fourth-order valence-corrected chi connectivity index (χ4v) is 3.64. The summed E-state index contributed by atoms with van der Waals surface area (Å²) in [5.41, 5.74) is 0. The standard InChI is InChI=1S/C17H31NO5/c1-12(9-22-11-17(20)21)13-4-6-14(7-5-13)23-10-15-16(19)3-2-8-18-15/h12-16,18-19H,2-11H2,1H3,(H,20,21). The van der Waals surface area contributed by atoms with Crippen LogP contribution in [0.25, 0.3) is 0 Å². The normalized spacial score (nSPS) is 33.3. The van der Waals surface area contributed by atoms with E-state index in [0.717, 1.165) is 45.1 Å². The number of nitrogens with one attached hydrogen (secondary N) is 1. The molecule has 0 amide bonds. The Morgan fingerprint density at radius 3 is 2.65 bits per heavy atom. The van der Waals surface area contributed by atoms with Crippen LogP contribution in [0.3, 0.4) is 0 Å². The number of aliphatic hydroxyl groups is 1. The number of carbonyl (C=O) groups is 1. The Balaban J connectivity index is 1.60. The van der Waals surface area contributed by atoms with E-state index in [0.29, 0.717) is 25.0 Å². The average Bonchev–Trinajstić information content (AvgIpc) is 2.54. The Morgan fingerprint density at radius 1 is 1.26 bits per heavy atom. The van der Waals surface area contributed by atoms with E-state index in [4.69, 9.17) is 14.6 Å². The van der Waals surface area contributed by atoms with Crippen LogP contribution in [-0.2, 0) is 14.3 Å². The molecule has 6 heteroatoms. The minimum atomic E-state index is -0.909. The summed E-state index contributed by atoms with van der Waals surface area (Å²) in [6, 6.07) is 0.0739. The molecule has 0 bridgehead atoms. The zero-order chi connectivity index (χ0) is 16.7. The summed E-state index contributed by atoms with van der Waals surface area (Å²) in [6.07, 6.45) is 6.17. The highest BCUT2D eigenvalue weighted by molar-refractivity contribution is 5.67. The van der Waals surface area contributed by atoms with Crippen molar-refractivity contribution in [3.05, 3.63) is 0 Å². The number of rotatable bonds is 8. The third-order valence-corrected chi connectivity index (χ3v) is 5.19. The largest absolute Gasteiger partial charge is 0.480 e. The number of hydrogen-bond donors (Lipinski definition) is 3. The van der Waals surface area contributed by atoms with Crippen molar-refractivity contribution in [1.29, 1.82) is 0 Å². The lowest BCUT2D eigenvalue weighted by molar-refractivity contribution is -0.142. The number of aliphatic hydroxyl groups excluding tert-OH is 1. The number of ether oxygens (including phenoxy) is 2. The molecule has 1 saturated heterocycles. The maximum atomic E-state index is 10.5. The molecule has 3 unspecified atom stereocenters. The van der Waals surface area contributed by atoms with E-state index in [9.17, 15) is 9.90 Å². The molecule has 0 aromatic heterocycles. The van der Waals surface area contributed by atoms with Gasteiger partial charge in [0.2, 0.25) is 0 Å². The first-order valence-corrected chi connectivity index (χ1v) is 8.89. The van der Waals surface area contributed by atoms with E-state index < -0.39 is 5.97 Å².